The molecule has 1 heterocycles. The standard InChI is InChI=1S/C21H31NO5/c1-5-17-9-11-19(12-10-17)16(2)22-27-13-7-6-8-18-14-25-21(3,26-15-18)20(23)24-4/h9-12,18H,5-8,13-15H2,1-4H3/b22-16-. The molecule has 0 aliphatic carbocycles. The van der Waals surface area contributed by atoms with E-state index in [-0.39, 0.29) is 5.92 Å². The van der Waals surface area contributed by atoms with Gasteiger partial charge in [-0.1, -0.05) is 36.3 Å². The molecule has 27 heavy (non-hydrogen) atoms. The number of carbonyl (C=O) groups is 1. The number of hydrogen-bond acceptors (Lipinski definition) is 6. The average molecular weight is 377 g/mol. The number of aryl methyl sites for hydroxylation is 1. The molecular weight excluding hydrogens is 346 g/mol. The minimum atomic E-state index is -1.27. The summed E-state index contributed by atoms with van der Waals surface area (Å²) >= 11 is 0. The van der Waals surface area contributed by atoms with Crippen LogP contribution in [-0.4, -0.2) is 44.4 Å². The largest absolute Gasteiger partial charge is 0.465 e. The van der Waals surface area contributed by atoms with E-state index in [2.05, 4.69) is 36.3 Å². The molecule has 150 valence electrons. The first-order valence-corrected chi connectivity index (χ1v) is 9.60. The number of nitrogens with zero attached hydrogens (tertiary/aromatic N) is 1. The van der Waals surface area contributed by atoms with E-state index < -0.39 is 11.8 Å². The summed E-state index contributed by atoms with van der Waals surface area (Å²) in [4.78, 5) is 17.1. The van der Waals surface area contributed by atoms with Crippen LogP contribution in [-0.2, 0) is 30.3 Å². The van der Waals surface area contributed by atoms with Crippen LogP contribution in [0.2, 0.25) is 0 Å². The zero-order valence-corrected chi connectivity index (χ0v) is 16.8. The maximum Gasteiger partial charge on any atom is 0.366 e. The number of ether oxygens (including phenoxy) is 3. The third kappa shape index (κ3) is 6.33. The molecule has 1 aliphatic heterocycles. The van der Waals surface area contributed by atoms with Crippen LogP contribution in [0.5, 0.6) is 0 Å². The number of esters is 1. The third-order valence-electron chi connectivity index (χ3n) is 4.82. The first-order valence-electron chi connectivity index (χ1n) is 9.60. The highest BCUT2D eigenvalue weighted by Crippen LogP contribution is 2.25. The van der Waals surface area contributed by atoms with Crippen molar-refractivity contribution >= 4 is 11.7 Å². The number of benzene rings is 1. The summed E-state index contributed by atoms with van der Waals surface area (Å²) in [5.41, 5.74) is 3.28. The fourth-order valence-corrected chi connectivity index (χ4v) is 2.89. The molecule has 0 amide bonds. The predicted octanol–water partition coefficient (Wildman–Crippen LogP) is 3.71. The summed E-state index contributed by atoms with van der Waals surface area (Å²) < 4.78 is 15.8. The quantitative estimate of drug-likeness (QED) is 0.284. The second-order valence-corrected chi connectivity index (χ2v) is 6.98. The van der Waals surface area contributed by atoms with E-state index in [1.165, 1.54) is 12.7 Å². The Labute approximate surface area is 161 Å². The number of methoxy groups -OCH3 is 1. The van der Waals surface area contributed by atoms with Gasteiger partial charge >= 0.3 is 5.97 Å². The van der Waals surface area contributed by atoms with Crippen LogP contribution < -0.4 is 0 Å². The molecule has 1 fully saturated rings. The zero-order valence-electron chi connectivity index (χ0n) is 16.8. The third-order valence-corrected chi connectivity index (χ3v) is 4.82. The Balaban J connectivity index is 1.61. The molecule has 0 N–H and O–H groups in total. The molecule has 0 aromatic heterocycles. The number of carbonyl (C=O) groups excluding carboxylic acids is 1. The normalized spacial score (nSPS) is 23.1. The summed E-state index contributed by atoms with van der Waals surface area (Å²) in [6, 6.07) is 8.39. The summed E-state index contributed by atoms with van der Waals surface area (Å²) in [5.74, 6) is -1.48. The summed E-state index contributed by atoms with van der Waals surface area (Å²) in [5, 5.41) is 4.20. The Bertz CT molecular complexity index is 618. The molecule has 0 unspecified atom stereocenters. The van der Waals surface area contributed by atoms with Crippen LogP contribution in [0.1, 0.15) is 51.2 Å². The van der Waals surface area contributed by atoms with Crippen LogP contribution in [0.25, 0.3) is 0 Å². The summed E-state index contributed by atoms with van der Waals surface area (Å²) in [6.07, 6.45) is 3.90. The van der Waals surface area contributed by atoms with Crippen molar-refractivity contribution in [3.05, 3.63) is 35.4 Å². The minimum absolute atomic E-state index is 0.282. The minimum Gasteiger partial charge on any atom is -0.465 e. The molecule has 0 bridgehead atoms. The van der Waals surface area contributed by atoms with Gasteiger partial charge in [0, 0.05) is 12.8 Å². The van der Waals surface area contributed by atoms with Crippen LogP contribution in [0.3, 0.4) is 0 Å². The van der Waals surface area contributed by atoms with Gasteiger partial charge in [0.15, 0.2) is 0 Å². The number of oxime groups is 1. The van der Waals surface area contributed by atoms with Gasteiger partial charge in [-0.25, -0.2) is 4.79 Å². The second-order valence-electron chi connectivity index (χ2n) is 6.98. The van der Waals surface area contributed by atoms with Gasteiger partial charge < -0.3 is 19.0 Å². The van der Waals surface area contributed by atoms with Crippen molar-refractivity contribution in [2.45, 2.75) is 52.2 Å². The van der Waals surface area contributed by atoms with Crippen molar-refractivity contribution in [1.82, 2.24) is 0 Å². The molecule has 0 atom stereocenters. The highest BCUT2D eigenvalue weighted by Gasteiger charge is 2.41. The molecule has 0 spiro atoms. The van der Waals surface area contributed by atoms with E-state index in [1.54, 1.807) is 6.92 Å². The fourth-order valence-electron chi connectivity index (χ4n) is 2.89. The van der Waals surface area contributed by atoms with Crippen molar-refractivity contribution in [1.29, 1.82) is 0 Å². The van der Waals surface area contributed by atoms with E-state index in [0.717, 1.165) is 37.0 Å². The van der Waals surface area contributed by atoms with Crippen LogP contribution in [0.15, 0.2) is 29.4 Å². The number of unbranched alkanes of at least 4 members (excludes halogenated alkanes) is 1. The Morgan fingerprint density at radius 1 is 1.22 bits per heavy atom. The van der Waals surface area contributed by atoms with Crippen LogP contribution >= 0.6 is 0 Å². The first-order chi connectivity index (χ1) is 13.0. The topological polar surface area (TPSA) is 66.4 Å². The SMILES string of the molecule is CCc1ccc(/C(C)=N\OCCCCC2COC(C)(C(=O)OC)OC2)cc1. The maximum absolute atomic E-state index is 11.6. The van der Waals surface area contributed by atoms with Gasteiger partial charge in [0.1, 0.15) is 6.61 Å². The molecule has 6 heteroatoms. The van der Waals surface area contributed by atoms with E-state index in [9.17, 15) is 4.79 Å². The lowest BCUT2D eigenvalue weighted by Crippen LogP contribution is -2.48. The molecule has 1 aromatic rings. The maximum atomic E-state index is 11.6. The van der Waals surface area contributed by atoms with Crippen molar-refractivity contribution in [3.8, 4) is 0 Å². The van der Waals surface area contributed by atoms with Crippen molar-refractivity contribution in [2.75, 3.05) is 26.9 Å². The highest BCUT2D eigenvalue weighted by molar-refractivity contribution is 5.98. The zero-order chi connectivity index (χ0) is 19.7. The van der Waals surface area contributed by atoms with Crippen molar-refractivity contribution < 1.29 is 23.8 Å². The van der Waals surface area contributed by atoms with Crippen LogP contribution in [0, 0.1) is 5.92 Å². The Morgan fingerprint density at radius 3 is 2.48 bits per heavy atom. The van der Waals surface area contributed by atoms with E-state index in [1.807, 2.05) is 6.92 Å². The molecule has 1 aliphatic rings. The van der Waals surface area contributed by atoms with Gasteiger partial charge in [0.2, 0.25) is 0 Å². The molecular formula is C21H31NO5. The lowest BCUT2D eigenvalue weighted by Gasteiger charge is -2.35. The molecule has 0 radical (unpaired) electrons. The smallest absolute Gasteiger partial charge is 0.366 e. The molecule has 0 saturated carbocycles. The predicted molar refractivity (Wildman–Crippen MR) is 104 cm³/mol. The molecule has 2 rings (SSSR count). The van der Waals surface area contributed by atoms with Gasteiger partial charge in [0.05, 0.1) is 26.0 Å². The van der Waals surface area contributed by atoms with Crippen LogP contribution in [0.4, 0.5) is 0 Å². The van der Waals surface area contributed by atoms with Gasteiger partial charge in [0.25, 0.3) is 5.79 Å². The van der Waals surface area contributed by atoms with E-state index in [0.29, 0.717) is 19.8 Å². The second kappa shape index (κ2) is 10.4. The lowest BCUT2D eigenvalue weighted by molar-refractivity contribution is -0.272. The lowest BCUT2D eigenvalue weighted by atomic mass is 10.0. The average Bonchev–Trinajstić information content (AvgIpc) is 2.71. The fraction of sp³-hybridized carbons (Fsp3) is 0.619. The van der Waals surface area contributed by atoms with E-state index in [4.69, 9.17) is 19.0 Å². The first kappa shape index (κ1) is 21.4. The Morgan fingerprint density at radius 2 is 1.89 bits per heavy atom. The van der Waals surface area contributed by atoms with E-state index >= 15 is 0 Å². The molecule has 1 aromatic carbocycles. The van der Waals surface area contributed by atoms with Gasteiger partial charge in [-0.15, -0.1) is 0 Å². The van der Waals surface area contributed by atoms with Crippen molar-refractivity contribution in [3.63, 3.8) is 0 Å². The van der Waals surface area contributed by atoms with Gasteiger partial charge in [-0.05, 0) is 43.7 Å². The number of rotatable bonds is 9. The molecule has 1 saturated heterocycles. The van der Waals surface area contributed by atoms with Gasteiger partial charge in [-0.3, -0.25) is 0 Å². The Hall–Kier alpha value is -1.92. The number of hydrogen-bond donors (Lipinski definition) is 0. The monoisotopic (exact) mass is 377 g/mol. The van der Waals surface area contributed by atoms with Crippen molar-refractivity contribution in [2.24, 2.45) is 11.1 Å². The summed E-state index contributed by atoms with van der Waals surface area (Å²) in [7, 11) is 1.33. The molecule has 6 nitrogen and oxygen atoms in total. The van der Waals surface area contributed by atoms with Gasteiger partial charge in [-0.2, -0.15) is 0 Å². The summed E-state index contributed by atoms with van der Waals surface area (Å²) in [6.45, 7) is 7.27. The highest BCUT2D eigenvalue weighted by atomic mass is 16.7. The Kier molecular flexibility index (Phi) is 8.25.